The number of aryl methyl sites for hydroxylation is 1. The van der Waals surface area contributed by atoms with E-state index in [4.69, 9.17) is 5.84 Å². The first kappa shape index (κ1) is 9.75. The summed E-state index contributed by atoms with van der Waals surface area (Å²) < 4.78 is 1.73. The van der Waals surface area contributed by atoms with Crippen molar-refractivity contribution in [1.29, 1.82) is 0 Å². The van der Waals surface area contributed by atoms with Crippen LogP contribution in [0.3, 0.4) is 0 Å². The van der Waals surface area contributed by atoms with Gasteiger partial charge in [-0.2, -0.15) is 15.3 Å². The smallest absolute Gasteiger partial charge is 0.0915 e. The number of hydrogen-bond acceptors (Lipinski definition) is 5. The van der Waals surface area contributed by atoms with Crippen LogP contribution >= 0.6 is 0 Å². The van der Waals surface area contributed by atoms with E-state index in [1.54, 1.807) is 17.1 Å². The average molecular weight is 204 g/mol. The van der Waals surface area contributed by atoms with E-state index in [9.17, 15) is 0 Å². The zero-order valence-electron chi connectivity index (χ0n) is 8.33. The Morgan fingerprint density at radius 3 is 2.80 bits per heavy atom. The normalized spacial score (nSPS) is 12.7. The molecule has 15 heavy (non-hydrogen) atoms. The predicted octanol–water partition coefficient (Wildman–Crippen LogP) is -0.237. The Bertz CT molecular complexity index is 423. The van der Waals surface area contributed by atoms with Crippen molar-refractivity contribution in [2.24, 2.45) is 12.9 Å². The molecular formula is C9H12N6. The summed E-state index contributed by atoms with van der Waals surface area (Å²) in [5.41, 5.74) is 4.50. The molecule has 3 N–H and O–H groups in total. The maximum absolute atomic E-state index is 5.50. The van der Waals surface area contributed by atoms with Gasteiger partial charge in [0.2, 0.25) is 0 Å². The monoisotopic (exact) mass is 204 g/mol. The molecule has 0 aromatic carbocycles. The van der Waals surface area contributed by atoms with Crippen molar-refractivity contribution in [3.63, 3.8) is 0 Å². The van der Waals surface area contributed by atoms with Crippen molar-refractivity contribution < 1.29 is 0 Å². The molecule has 0 aliphatic carbocycles. The van der Waals surface area contributed by atoms with E-state index in [0.29, 0.717) is 0 Å². The second-order valence-corrected chi connectivity index (χ2v) is 3.19. The third-order valence-electron chi connectivity index (χ3n) is 2.14. The number of nitrogens with two attached hydrogens (primary N) is 1. The topological polar surface area (TPSA) is 81.7 Å². The van der Waals surface area contributed by atoms with Gasteiger partial charge in [-0.05, 0) is 17.7 Å². The molecule has 0 spiro atoms. The van der Waals surface area contributed by atoms with Crippen molar-refractivity contribution in [3.8, 4) is 0 Å². The fraction of sp³-hybridized carbons (Fsp3) is 0.222. The Morgan fingerprint density at radius 1 is 1.40 bits per heavy atom. The Hall–Kier alpha value is -1.79. The third kappa shape index (κ3) is 2.00. The van der Waals surface area contributed by atoms with Crippen LogP contribution in [-0.2, 0) is 7.05 Å². The molecule has 0 fully saturated rings. The fourth-order valence-electron chi connectivity index (χ4n) is 1.41. The minimum Gasteiger partial charge on any atom is -0.275 e. The lowest BCUT2D eigenvalue weighted by Crippen LogP contribution is -2.29. The summed E-state index contributed by atoms with van der Waals surface area (Å²) in [6, 6.07) is 3.61. The van der Waals surface area contributed by atoms with Gasteiger partial charge >= 0.3 is 0 Å². The molecule has 0 amide bonds. The molecule has 2 rings (SSSR count). The highest BCUT2D eigenvalue weighted by atomic mass is 15.3. The largest absolute Gasteiger partial charge is 0.275 e. The van der Waals surface area contributed by atoms with E-state index in [2.05, 4.69) is 20.7 Å². The van der Waals surface area contributed by atoms with Gasteiger partial charge in [0, 0.05) is 19.4 Å². The molecule has 1 unspecified atom stereocenters. The van der Waals surface area contributed by atoms with Gasteiger partial charge in [-0.15, -0.1) is 0 Å². The molecule has 0 aliphatic heterocycles. The number of nitrogens with zero attached hydrogens (tertiary/aromatic N) is 4. The van der Waals surface area contributed by atoms with Crippen molar-refractivity contribution in [3.05, 3.63) is 42.0 Å². The number of aromatic nitrogens is 4. The quantitative estimate of drug-likeness (QED) is 0.533. The number of nitrogens with one attached hydrogen (secondary N) is 1. The van der Waals surface area contributed by atoms with Gasteiger partial charge in [0.1, 0.15) is 0 Å². The van der Waals surface area contributed by atoms with Crippen LogP contribution in [0.1, 0.15) is 17.3 Å². The van der Waals surface area contributed by atoms with E-state index in [-0.39, 0.29) is 6.04 Å². The van der Waals surface area contributed by atoms with Gasteiger partial charge in [0.15, 0.2) is 0 Å². The molecule has 0 saturated heterocycles. The molecule has 2 heterocycles. The zero-order chi connectivity index (χ0) is 10.7. The van der Waals surface area contributed by atoms with Gasteiger partial charge in [-0.1, -0.05) is 0 Å². The molecule has 2 aromatic heterocycles. The number of hydrazine groups is 1. The molecule has 78 valence electrons. The summed E-state index contributed by atoms with van der Waals surface area (Å²) in [6.07, 6.45) is 5.16. The highest BCUT2D eigenvalue weighted by Crippen LogP contribution is 2.17. The summed E-state index contributed by atoms with van der Waals surface area (Å²) in [5, 5.41) is 11.8. The van der Waals surface area contributed by atoms with Crippen LogP contribution in [0, 0.1) is 0 Å². The first-order valence-electron chi connectivity index (χ1n) is 4.53. The molecule has 2 aromatic rings. The van der Waals surface area contributed by atoms with Gasteiger partial charge < -0.3 is 0 Å². The molecular weight excluding hydrogens is 192 g/mol. The molecule has 0 aliphatic rings. The third-order valence-corrected chi connectivity index (χ3v) is 2.14. The maximum atomic E-state index is 5.50. The summed E-state index contributed by atoms with van der Waals surface area (Å²) in [7, 11) is 1.86. The van der Waals surface area contributed by atoms with E-state index in [1.807, 2.05) is 25.4 Å². The van der Waals surface area contributed by atoms with Gasteiger partial charge in [0.05, 0.1) is 17.9 Å². The Balaban J connectivity index is 2.33. The van der Waals surface area contributed by atoms with Crippen LogP contribution in [0.5, 0.6) is 0 Å². The lowest BCUT2D eigenvalue weighted by atomic mass is 10.1. The first-order valence-corrected chi connectivity index (χ1v) is 4.53. The van der Waals surface area contributed by atoms with Crippen molar-refractivity contribution in [1.82, 2.24) is 25.4 Å². The standard InChI is InChI=1S/C9H12N6/c1-15-5-3-8(14-15)9(13-10)7-2-4-11-12-6-7/h2-6,9,13H,10H2,1H3. The van der Waals surface area contributed by atoms with Gasteiger partial charge in [-0.25, -0.2) is 5.43 Å². The zero-order valence-corrected chi connectivity index (χ0v) is 8.33. The lowest BCUT2D eigenvalue weighted by Gasteiger charge is -2.12. The summed E-state index contributed by atoms with van der Waals surface area (Å²) >= 11 is 0. The van der Waals surface area contributed by atoms with Crippen molar-refractivity contribution >= 4 is 0 Å². The molecule has 1 atom stereocenters. The van der Waals surface area contributed by atoms with Gasteiger partial charge in [0.25, 0.3) is 0 Å². The average Bonchev–Trinajstić information content (AvgIpc) is 2.68. The Labute approximate surface area is 87.1 Å². The van der Waals surface area contributed by atoms with Crippen LogP contribution in [-0.4, -0.2) is 20.0 Å². The van der Waals surface area contributed by atoms with Crippen molar-refractivity contribution in [2.75, 3.05) is 0 Å². The van der Waals surface area contributed by atoms with Crippen LogP contribution < -0.4 is 11.3 Å². The van der Waals surface area contributed by atoms with E-state index in [1.165, 1.54) is 0 Å². The van der Waals surface area contributed by atoms with Crippen LogP contribution in [0.2, 0.25) is 0 Å². The van der Waals surface area contributed by atoms with E-state index >= 15 is 0 Å². The molecule has 6 nitrogen and oxygen atoms in total. The second-order valence-electron chi connectivity index (χ2n) is 3.19. The highest BCUT2D eigenvalue weighted by Gasteiger charge is 2.14. The summed E-state index contributed by atoms with van der Waals surface area (Å²) in [5.74, 6) is 5.50. The highest BCUT2D eigenvalue weighted by molar-refractivity contribution is 5.22. The molecule has 0 bridgehead atoms. The van der Waals surface area contributed by atoms with E-state index < -0.39 is 0 Å². The number of hydrogen-bond donors (Lipinski definition) is 2. The lowest BCUT2D eigenvalue weighted by molar-refractivity contribution is 0.600. The minimum atomic E-state index is -0.151. The SMILES string of the molecule is Cn1ccc(C(NN)c2ccnnc2)n1. The predicted molar refractivity (Wildman–Crippen MR) is 54.4 cm³/mol. The molecule has 6 heteroatoms. The number of rotatable bonds is 3. The minimum absolute atomic E-state index is 0.151. The first-order chi connectivity index (χ1) is 7.31. The second kappa shape index (κ2) is 4.16. The fourth-order valence-corrected chi connectivity index (χ4v) is 1.41. The van der Waals surface area contributed by atoms with Crippen LogP contribution in [0.25, 0.3) is 0 Å². The van der Waals surface area contributed by atoms with Crippen LogP contribution in [0.15, 0.2) is 30.7 Å². The molecule has 0 saturated carbocycles. The summed E-state index contributed by atoms with van der Waals surface area (Å²) in [4.78, 5) is 0. The Kier molecular flexibility index (Phi) is 2.70. The maximum Gasteiger partial charge on any atom is 0.0915 e. The Morgan fingerprint density at radius 2 is 2.27 bits per heavy atom. The molecule has 0 radical (unpaired) electrons. The van der Waals surface area contributed by atoms with Crippen LogP contribution in [0.4, 0.5) is 0 Å². The summed E-state index contributed by atoms with van der Waals surface area (Å²) in [6.45, 7) is 0. The van der Waals surface area contributed by atoms with E-state index in [0.717, 1.165) is 11.3 Å². The van der Waals surface area contributed by atoms with Gasteiger partial charge in [-0.3, -0.25) is 10.5 Å². The van der Waals surface area contributed by atoms with Crippen molar-refractivity contribution in [2.45, 2.75) is 6.04 Å².